The maximum absolute atomic E-state index is 15.0. The molecule has 0 saturated heterocycles. The van der Waals surface area contributed by atoms with Crippen LogP contribution in [0.2, 0.25) is 0 Å². The van der Waals surface area contributed by atoms with Gasteiger partial charge in [0.1, 0.15) is 5.56 Å². The highest BCUT2D eigenvalue weighted by atomic mass is 19.1. The number of pyridine rings is 1. The highest BCUT2D eigenvalue weighted by molar-refractivity contribution is 5.99. The number of rotatable bonds is 8. The summed E-state index contributed by atoms with van der Waals surface area (Å²) < 4.78 is 16.6. The predicted octanol–water partition coefficient (Wildman–Crippen LogP) is 4.52. The second kappa shape index (κ2) is 12.2. The van der Waals surface area contributed by atoms with Gasteiger partial charge in [0.25, 0.3) is 0 Å². The van der Waals surface area contributed by atoms with E-state index in [2.05, 4.69) is 30.7 Å². The summed E-state index contributed by atoms with van der Waals surface area (Å²) in [5.74, 6) is -2.06. The van der Waals surface area contributed by atoms with Gasteiger partial charge in [-0.2, -0.15) is 0 Å². The number of anilines is 2. The van der Waals surface area contributed by atoms with Gasteiger partial charge in [-0.05, 0) is 51.6 Å². The van der Waals surface area contributed by atoms with E-state index in [1.165, 1.54) is 6.20 Å². The van der Waals surface area contributed by atoms with Gasteiger partial charge < -0.3 is 26.0 Å². The average molecular weight is 459 g/mol. The number of aryl methyl sites for hydroxylation is 1. The minimum Gasteiger partial charge on any atom is -0.477 e. The first-order valence-electron chi connectivity index (χ1n) is 11.4. The Labute approximate surface area is 194 Å². The molecule has 1 fully saturated rings. The van der Waals surface area contributed by atoms with Crippen molar-refractivity contribution in [2.24, 2.45) is 0 Å². The number of hydrogen-bond acceptors (Lipinski definition) is 5. The van der Waals surface area contributed by atoms with Gasteiger partial charge >= 0.3 is 5.97 Å². The van der Waals surface area contributed by atoms with E-state index in [-0.39, 0.29) is 22.8 Å². The third kappa shape index (κ3) is 6.22. The molecule has 1 aromatic heterocycles. The first kappa shape index (κ1) is 26.1. The molecular formula is C25H35FN4O3. The number of nitrogens with zero attached hydrogens (tertiary/aromatic N) is 1. The highest BCUT2D eigenvalue weighted by Gasteiger charge is 2.24. The van der Waals surface area contributed by atoms with E-state index in [1.54, 1.807) is 22.8 Å². The standard InChI is InChI=1S/C21H29FN4O3.C4H6/c1-3-9-24-12-5-7-13(8-6-12)25-15-10-16-17(19(23)18(15)22)20(27)14(21(28)29)11-26(16)4-2;1-3-4-2/h10-13,24-25H,3-9,23H2,1-2H3,(H,28,29);3-4H,1-2H2. The predicted molar refractivity (Wildman–Crippen MR) is 134 cm³/mol. The molecule has 180 valence electrons. The summed E-state index contributed by atoms with van der Waals surface area (Å²) in [6.45, 7) is 12.1. The third-order valence-corrected chi connectivity index (χ3v) is 5.85. The van der Waals surface area contributed by atoms with Crippen LogP contribution < -0.4 is 21.8 Å². The quantitative estimate of drug-likeness (QED) is 0.342. The van der Waals surface area contributed by atoms with E-state index in [0.29, 0.717) is 18.1 Å². The van der Waals surface area contributed by atoms with Crippen LogP contribution in [-0.4, -0.2) is 34.3 Å². The fourth-order valence-electron chi connectivity index (χ4n) is 4.08. The van der Waals surface area contributed by atoms with Crippen molar-refractivity contribution in [2.75, 3.05) is 17.6 Å². The van der Waals surface area contributed by atoms with Gasteiger partial charge in [0.15, 0.2) is 5.82 Å². The molecule has 0 unspecified atom stereocenters. The van der Waals surface area contributed by atoms with Crippen molar-refractivity contribution in [1.82, 2.24) is 9.88 Å². The average Bonchev–Trinajstić information content (AvgIpc) is 2.81. The lowest BCUT2D eigenvalue weighted by Gasteiger charge is -2.30. The second-order valence-corrected chi connectivity index (χ2v) is 8.13. The van der Waals surface area contributed by atoms with Crippen LogP contribution in [0.3, 0.4) is 0 Å². The van der Waals surface area contributed by atoms with Crippen LogP contribution in [0, 0.1) is 5.82 Å². The largest absolute Gasteiger partial charge is 0.477 e. The Hall–Kier alpha value is -3.13. The number of nitrogens with one attached hydrogen (secondary N) is 2. The van der Waals surface area contributed by atoms with Crippen LogP contribution in [0.15, 0.2) is 42.4 Å². The molecule has 0 spiro atoms. The second-order valence-electron chi connectivity index (χ2n) is 8.13. The summed E-state index contributed by atoms with van der Waals surface area (Å²) in [4.78, 5) is 24.0. The number of benzene rings is 1. The minimum atomic E-state index is -1.35. The fraction of sp³-hybridized carbons (Fsp3) is 0.440. The molecule has 5 N–H and O–H groups in total. The third-order valence-electron chi connectivity index (χ3n) is 5.85. The molecule has 0 amide bonds. The van der Waals surface area contributed by atoms with Crippen LogP contribution in [0.25, 0.3) is 10.9 Å². The van der Waals surface area contributed by atoms with Crippen molar-refractivity contribution in [3.63, 3.8) is 0 Å². The number of aromatic carboxylic acids is 1. The Balaban J connectivity index is 0.000000890. The van der Waals surface area contributed by atoms with Gasteiger partial charge in [-0.15, -0.1) is 0 Å². The van der Waals surface area contributed by atoms with Crippen LogP contribution in [0.1, 0.15) is 56.3 Å². The number of nitrogen functional groups attached to an aromatic ring is 1. The van der Waals surface area contributed by atoms with Gasteiger partial charge in [-0.25, -0.2) is 9.18 Å². The molecule has 2 aromatic rings. The van der Waals surface area contributed by atoms with Crippen molar-refractivity contribution in [2.45, 2.75) is 64.6 Å². The molecule has 1 aliphatic carbocycles. The normalized spacial score (nSPS) is 17.7. The molecule has 0 bridgehead atoms. The summed E-state index contributed by atoms with van der Waals surface area (Å²) in [6, 6.07) is 2.19. The van der Waals surface area contributed by atoms with Gasteiger partial charge in [-0.3, -0.25) is 4.79 Å². The number of halogens is 1. The molecule has 1 saturated carbocycles. The molecule has 3 rings (SSSR count). The van der Waals surface area contributed by atoms with Crippen LogP contribution in [0.4, 0.5) is 15.8 Å². The molecule has 8 heteroatoms. The Bertz CT molecular complexity index is 1050. The molecule has 0 atom stereocenters. The first-order valence-corrected chi connectivity index (χ1v) is 11.4. The zero-order valence-electron chi connectivity index (χ0n) is 19.5. The van der Waals surface area contributed by atoms with Gasteiger partial charge in [-0.1, -0.05) is 32.2 Å². The minimum absolute atomic E-state index is 0.0812. The fourth-order valence-corrected chi connectivity index (χ4v) is 4.08. The van der Waals surface area contributed by atoms with E-state index < -0.39 is 22.8 Å². The Kier molecular flexibility index (Phi) is 9.66. The van der Waals surface area contributed by atoms with E-state index >= 15 is 0 Å². The van der Waals surface area contributed by atoms with Crippen LogP contribution in [-0.2, 0) is 6.54 Å². The van der Waals surface area contributed by atoms with Crippen molar-refractivity contribution >= 4 is 28.2 Å². The molecule has 0 radical (unpaired) electrons. The van der Waals surface area contributed by atoms with E-state index in [9.17, 15) is 19.1 Å². The molecule has 7 nitrogen and oxygen atoms in total. The molecule has 1 aromatic carbocycles. The summed E-state index contributed by atoms with van der Waals surface area (Å²) in [6.07, 6.45) is 9.53. The Morgan fingerprint density at radius 3 is 2.36 bits per heavy atom. The van der Waals surface area contributed by atoms with Crippen LogP contribution in [0.5, 0.6) is 0 Å². The zero-order valence-corrected chi connectivity index (χ0v) is 19.5. The number of aromatic nitrogens is 1. The number of carboxylic acids is 1. The van der Waals surface area contributed by atoms with E-state index in [4.69, 9.17) is 5.73 Å². The number of hydrogen-bond donors (Lipinski definition) is 4. The summed E-state index contributed by atoms with van der Waals surface area (Å²) in [7, 11) is 0. The summed E-state index contributed by atoms with van der Waals surface area (Å²) >= 11 is 0. The lowest BCUT2D eigenvalue weighted by molar-refractivity contribution is 0.0695. The van der Waals surface area contributed by atoms with Crippen LogP contribution >= 0.6 is 0 Å². The SMILES string of the molecule is C=CC=C.CCCNC1CCC(Nc2cc3c(c(N)c2F)c(=O)c(C(=O)O)cn3CC)CC1. The van der Waals surface area contributed by atoms with Crippen molar-refractivity contribution in [3.05, 3.63) is 59.2 Å². The number of carbonyl (C=O) groups is 1. The topological polar surface area (TPSA) is 109 Å². The smallest absolute Gasteiger partial charge is 0.341 e. The number of nitrogens with two attached hydrogens (primary N) is 1. The maximum atomic E-state index is 15.0. The van der Waals surface area contributed by atoms with E-state index in [1.807, 2.05) is 6.92 Å². The highest BCUT2D eigenvalue weighted by Crippen LogP contribution is 2.31. The first-order chi connectivity index (χ1) is 15.8. The lowest BCUT2D eigenvalue weighted by Crippen LogP contribution is -2.37. The number of allylic oxidation sites excluding steroid dienone is 2. The van der Waals surface area contributed by atoms with E-state index in [0.717, 1.165) is 38.6 Å². The molecule has 1 heterocycles. The van der Waals surface area contributed by atoms with Crippen molar-refractivity contribution in [3.8, 4) is 0 Å². The molecular weight excluding hydrogens is 423 g/mol. The summed E-state index contributed by atoms with van der Waals surface area (Å²) in [5, 5.41) is 16.0. The maximum Gasteiger partial charge on any atom is 0.341 e. The van der Waals surface area contributed by atoms with Gasteiger partial charge in [0.05, 0.1) is 22.3 Å². The Morgan fingerprint density at radius 2 is 1.85 bits per heavy atom. The zero-order chi connectivity index (χ0) is 24.5. The lowest BCUT2D eigenvalue weighted by atomic mass is 9.91. The number of carboxylic acid groups (broad SMARTS) is 1. The molecule has 33 heavy (non-hydrogen) atoms. The van der Waals surface area contributed by atoms with Crippen molar-refractivity contribution < 1.29 is 14.3 Å². The van der Waals surface area contributed by atoms with Gasteiger partial charge in [0.2, 0.25) is 5.43 Å². The molecule has 1 aliphatic rings. The van der Waals surface area contributed by atoms with Gasteiger partial charge in [0, 0.05) is 24.8 Å². The number of fused-ring (bicyclic) bond motifs is 1. The summed E-state index contributed by atoms with van der Waals surface area (Å²) in [5.41, 5.74) is 5.17. The van der Waals surface area contributed by atoms with Crippen molar-refractivity contribution in [1.29, 1.82) is 0 Å². The Morgan fingerprint density at radius 1 is 1.24 bits per heavy atom. The molecule has 0 aliphatic heterocycles. The monoisotopic (exact) mass is 458 g/mol.